The van der Waals surface area contributed by atoms with Gasteiger partial charge < -0.3 is 44.5 Å². The fourth-order valence-electron chi connectivity index (χ4n) is 13.7. The van der Waals surface area contributed by atoms with E-state index in [0.717, 1.165) is 38.5 Å². The van der Waals surface area contributed by atoms with E-state index in [1.807, 2.05) is 0 Å². The maximum atomic E-state index is 12.5. The van der Waals surface area contributed by atoms with Gasteiger partial charge in [-0.3, -0.25) is 4.79 Å². The molecule has 0 amide bonds. The van der Waals surface area contributed by atoms with E-state index in [0.29, 0.717) is 18.3 Å². The second-order valence-electron chi connectivity index (χ2n) is 18.6. The van der Waals surface area contributed by atoms with Crippen LogP contribution >= 0.6 is 0 Å². The molecule has 2 spiro atoms. The summed E-state index contributed by atoms with van der Waals surface area (Å²) in [5.74, 6) is 0.717. The van der Waals surface area contributed by atoms with Gasteiger partial charge >= 0.3 is 5.97 Å². The molecule has 10 nitrogen and oxygen atoms in total. The van der Waals surface area contributed by atoms with Crippen LogP contribution in [0.5, 0.6) is 0 Å². The van der Waals surface area contributed by atoms with E-state index in [1.165, 1.54) is 13.3 Å². The standard InChI is InChI=1S/C37H60O10/c1-18-15-21(30(33(5,6)43)45-19(2)38)46-28-25(18)34(7)13-14-37-17-36(37)12-11-24(47-31-27(41)26(40)20(39)16-44-31)32(3,4)22(36)9-10-23(37)35(34,8)29(28)42/h18,20-31,39-43H,9-17H2,1-8H3/t18-,20-,21-,22-,23+,24+,25+,26+,27-,28+,29+,30+,31+,34-,35-,36?,37+/m1/s1. The van der Waals surface area contributed by atoms with Crippen LogP contribution in [0.3, 0.4) is 0 Å². The van der Waals surface area contributed by atoms with E-state index < -0.39 is 60.6 Å². The van der Waals surface area contributed by atoms with E-state index in [9.17, 15) is 30.3 Å². The first-order chi connectivity index (χ1) is 21.8. The van der Waals surface area contributed by atoms with Crippen LogP contribution in [0.15, 0.2) is 0 Å². The molecule has 5 saturated carbocycles. The number of ether oxygens (including phenoxy) is 4. The van der Waals surface area contributed by atoms with Gasteiger partial charge in [0.05, 0.1) is 36.6 Å². The molecule has 47 heavy (non-hydrogen) atoms. The summed E-state index contributed by atoms with van der Waals surface area (Å²) in [5.41, 5.74) is -1.61. The average molecular weight is 665 g/mol. The molecule has 0 aromatic rings. The van der Waals surface area contributed by atoms with Crippen molar-refractivity contribution in [3.05, 3.63) is 0 Å². The fourth-order valence-corrected chi connectivity index (χ4v) is 13.7. The summed E-state index contributed by atoms with van der Waals surface area (Å²) in [6.07, 6.45) is 0.712. The van der Waals surface area contributed by atoms with E-state index in [2.05, 4.69) is 34.6 Å². The van der Waals surface area contributed by atoms with Crippen molar-refractivity contribution in [3.63, 3.8) is 0 Å². The van der Waals surface area contributed by atoms with Gasteiger partial charge in [0.25, 0.3) is 0 Å². The van der Waals surface area contributed by atoms with E-state index in [1.54, 1.807) is 13.8 Å². The second-order valence-corrected chi connectivity index (χ2v) is 18.6. The largest absolute Gasteiger partial charge is 0.457 e. The lowest BCUT2D eigenvalue weighted by molar-refractivity contribution is -0.303. The van der Waals surface area contributed by atoms with Gasteiger partial charge in [0, 0.05) is 12.3 Å². The van der Waals surface area contributed by atoms with E-state index >= 15 is 0 Å². The number of hydrogen-bond donors (Lipinski definition) is 5. The summed E-state index contributed by atoms with van der Waals surface area (Å²) in [6, 6.07) is 0. The first-order valence-corrected chi connectivity index (χ1v) is 18.3. The highest BCUT2D eigenvalue weighted by Gasteiger charge is 2.84. The van der Waals surface area contributed by atoms with Crippen molar-refractivity contribution in [2.75, 3.05) is 6.61 Å². The number of aliphatic hydroxyl groups excluding tert-OH is 4. The Kier molecular flexibility index (Phi) is 7.97. The van der Waals surface area contributed by atoms with Crippen molar-refractivity contribution in [2.45, 2.75) is 167 Å². The molecule has 5 aliphatic carbocycles. The molecule has 1 unspecified atom stereocenters. The molecule has 0 radical (unpaired) electrons. The highest BCUT2D eigenvalue weighted by Crippen LogP contribution is 2.89. The van der Waals surface area contributed by atoms with Crippen LogP contribution in [-0.4, -0.2) is 98.8 Å². The van der Waals surface area contributed by atoms with Crippen LogP contribution in [0.1, 0.15) is 107 Å². The second kappa shape index (κ2) is 10.8. The third-order valence-electron chi connectivity index (χ3n) is 15.8. The molecular weight excluding hydrogens is 604 g/mol. The van der Waals surface area contributed by atoms with E-state index in [-0.39, 0.29) is 51.6 Å². The topological polar surface area (TPSA) is 155 Å². The van der Waals surface area contributed by atoms with Crippen LogP contribution in [0.25, 0.3) is 0 Å². The molecule has 2 aliphatic heterocycles. The van der Waals surface area contributed by atoms with Gasteiger partial charge in [-0.1, -0.05) is 34.6 Å². The monoisotopic (exact) mass is 664 g/mol. The van der Waals surface area contributed by atoms with Crippen LogP contribution in [0, 0.1) is 50.7 Å². The molecule has 0 bridgehead atoms. The Bertz CT molecular complexity index is 1250. The number of rotatable bonds is 5. The average Bonchev–Trinajstić information content (AvgIpc) is 3.61. The third-order valence-corrected chi connectivity index (χ3v) is 15.8. The van der Waals surface area contributed by atoms with Gasteiger partial charge in [-0.15, -0.1) is 0 Å². The highest BCUT2D eigenvalue weighted by molar-refractivity contribution is 5.66. The van der Waals surface area contributed by atoms with Crippen LogP contribution < -0.4 is 0 Å². The molecule has 0 aromatic heterocycles. The maximum Gasteiger partial charge on any atom is 0.303 e. The molecule has 10 heteroatoms. The molecule has 0 aromatic carbocycles. The Hall–Kier alpha value is -0.850. The summed E-state index contributed by atoms with van der Waals surface area (Å²) in [5, 5.41) is 54.3. The zero-order valence-corrected chi connectivity index (χ0v) is 29.6. The lowest BCUT2D eigenvalue weighted by atomic mass is 9.41. The molecule has 17 atom stereocenters. The molecular formula is C37H60O10. The van der Waals surface area contributed by atoms with Crippen molar-refractivity contribution in [3.8, 4) is 0 Å². The van der Waals surface area contributed by atoms with Crippen molar-refractivity contribution in [1.29, 1.82) is 0 Å². The molecule has 7 fully saturated rings. The van der Waals surface area contributed by atoms with Gasteiger partial charge in [-0.05, 0) is 111 Å². The Balaban J connectivity index is 1.14. The van der Waals surface area contributed by atoms with Gasteiger partial charge in [0.1, 0.15) is 18.3 Å². The SMILES string of the molecule is CC(=O)O[C@@H]([C@H]1C[C@@H](C)[C@H]2[C@H](O1)[C@H](O)[C@@]1(C)[C@@H]3CC[C@@H]4C(C)(C)[C@@H](O[C@@H]5OC[C@@H](O)[C@H](O)[C@H]5O)CCC45C[C@@]35CC[C@]21C)C(C)(C)O. The first-order valence-electron chi connectivity index (χ1n) is 18.3. The van der Waals surface area contributed by atoms with Gasteiger partial charge in [-0.2, -0.15) is 0 Å². The predicted octanol–water partition coefficient (Wildman–Crippen LogP) is 3.33. The summed E-state index contributed by atoms with van der Waals surface area (Å²) in [6.45, 7) is 16.2. The number of carbonyl (C=O) groups is 1. The summed E-state index contributed by atoms with van der Waals surface area (Å²) in [7, 11) is 0. The minimum Gasteiger partial charge on any atom is -0.457 e. The van der Waals surface area contributed by atoms with Crippen molar-refractivity contribution < 1.29 is 49.3 Å². The molecule has 2 heterocycles. The Labute approximate surface area is 279 Å². The smallest absolute Gasteiger partial charge is 0.303 e. The van der Waals surface area contributed by atoms with Crippen molar-refractivity contribution >= 4 is 5.97 Å². The number of fused-ring (bicyclic) bond motifs is 4. The summed E-state index contributed by atoms with van der Waals surface area (Å²) in [4.78, 5) is 12.1. The fraction of sp³-hybridized carbons (Fsp3) is 0.973. The minimum absolute atomic E-state index is 0.0683. The van der Waals surface area contributed by atoms with Crippen LogP contribution in [0.4, 0.5) is 0 Å². The Morgan fingerprint density at radius 2 is 1.60 bits per heavy atom. The van der Waals surface area contributed by atoms with E-state index in [4.69, 9.17) is 18.9 Å². The molecule has 268 valence electrons. The molecule has 7 aliphatic rings. The number of esters is 1. The first kappa shape index (κ1) is 34.6. The molecule has 2 saturated heterocycles. The lowest BCUT2D eigenvalue weighted by Gasteiger charge is -2.64. The Morgan fingerprint density at radius 1 is 0.936 bits per heavy atom. The van der Waals surface area contributed by atoms with Crippen molar-refractivity contribution in [2.24, 2.45) is 50.7 Å². The number of aliphatic hydroxyl groups is 5. The van der Waals surface area contributed by atoms with Gasteiger partial charge in [-0.25, -0.2) is 0 Å². The molecule has 7 rings (SSSR count). The molecule has 5 N–H and O–H groups in total. The third kappa shape index (κ3) is 4.54. The quantitative estimate of drug-likeness (QED) is 0.218. The van der Waals surface area contributed by atoms with Gasteiger partial charge in [0.2, 0.25) is 0 Å². The van der Waals surface area contributed by atoms with Gasteiger partial charge in [0.15, 0.2) is 12.4 Å². The van der Waals surface area contributed by atoms with Crippen molar-refractivity contribution in [1.82, 2.24) is 0 Å². The highest BCUT2D eigenvalue weighted by atomic mass is 16.7. The minimum atomic E-state index is -1.30. The zero-order chi connectivity index (χ0) is 34.3. The zero-order valence-electron chi connectivity index (χ0n) is 29.6. The number of carbonyl (C=O) groups excluding carboxylic acids is 1. The maximum absolute atomic E-state index is 12.5. The normalized spacial score (nSPS) is 55.4. The Morgan fingerprint density at radius 3 is 2.26 bits per heavy atom. The predicted molar refractivity (Wildman–Crippen MR) is 171 cm³/mol. The lowest BCUT2D eigenvalue weighted by Crippen LogP contribution is -2.61. The summed E-state index contributed by atoms with van der Waals surface area (Å²) < 4.78 is 24.6. The van der Waals surface area contributed by atoms with Crippen LogP contribution in [-0.2, 0) is 23.7 Å². The number of hydrogen-bond acceptors (Lipinski definition) is 10. The summed E-state index contributed by atoms with van der Waals surface area (Å²) >= 11 is 0. The van der Waals surface area contributed by atoms with Crippen LogP contribution in [0.2, 0.25) is 0 Å².